The van der Waals surface area contributed by atoms with Crippen LogP contribution in [0.25, 0.3) is 16.9 Å². The van der Waals surface area contributed by atoms with Crippen molar-refractivity contribution in [1.82, 2.24) is 14.0 Å². The molecule has 0 unspecified atom stereocenters. The van der Waals surface area contributed by atoms with Gasteiger partial charge >= 0.3 is 5.69 Å². The first-order chi connectivity index (χ1) is 13.0. The standard InChI is InChI=1S/C17H15FN4O5/c18-13-7-20(15-6-5-12(9-23)27-15)17(24)21-8-14(19-16(13)21)10-1-3-11(4-2-10)22(25)26/h1-4,7-8,12,15,23H,5-6,9H2/t12-,15+/m1/s1. The molecule has 1 fully saturated rings. The molecule has 0 radical (unpaired) electrons. The molecule has 140 valence electrons. The number of nitrogens with zero attached hydrogens (tertiary/aromatic N) is 4. The first kappa shape index (κ1) is 17.3. The van der Waals surface area contributed by atoms with E-state index in [0.29, 0.717) is 24.1 Å². The van der Waals surface area contributed by atoms with Gasteiger partial charge in [-0.3, -0.25) is 14.7 Å². The highest BCUT2D eigenvalue weighted by Gasteiger charge is 2.28. The number of hydrogen-bond acceptors (Lipinski definition) is 6. The van der Waals surface area contributed by atoms with Gasteiger partial charge in [0.05, 0.1) is 29.5 Å². The average molecular weight is 374 g/mol. The zero-order valence-corrected chi connectivity index (χ0v) is 14.0. The quantitative estimate of drug-likeness (QED) is 0.551. The molecule has 0 bridgehead atoms. The van der Waals surface area contributed by atoms with Gasteiger partial charge in [-0.05, 0) is 25.0 Å². The van der Waals surface area contributed by atoms with Crippen molar-refractivity contribution in [3.63, 3.8) is 0 Å². The summed E-state index contributed by atoms with van der Waals surface area (Å²) in [5.74, 6) is -0.696. The topological polar surface area (TPSA) is 112 Å². The van der Waals surface area contributed by atoms with Crippen molar-refractivity contribution in [2.24, 2.45) is 0 Å². The second-order valence-electron chi connectivity index (χ2n) is 6.26. The summed E-state index contributed by atoms with van der Waals surface area (Å²) in [7, 11) is 0. The van der Waals surface area contributed by atoms with Gasteiger partial charge in [-0.25, -0.2) is 18.6 Å². The van der Waals surface area contributed by atoms with Crippen LogP contribution in [-0.2, 0) is 4.74 Å². The van der Waals surface area contributed by atoms with E-state index in [1.807, 2.05) is 0 Å². The number of nitro groups is 1. The molecule has 3 heterocycles. The normalized spacial score (nSPS) is 19.6. The summed E-state index contributed by atoms with van der Waals surface area (Å²) in [6.07, 6.45) is 2.47. The van der Waals surface area contributed by atoms with Crippen LogP contribution < -0.4 is 5.69 Å². The SMILES string of the molecule is O=c1n([C@@H]2CC[C@H](CO)O2)cc(F)c2nc(-c3ccc([N+](=O)[O-])cc3)cn12. The van der Waals surface area contributed by atoms with Crippen molar-refractivity contribution in [2.75, 3.05) is 6.61 Å². The fraction of sp³-hybridized carbons (Fsp3) is 0.294. The first-order valence-electron chi connectivity index (χ1n) is 8.29. The van der Waals surface area contributed by atoms with Crippen LogP contribution in [0.1, 0.15) is 19.1 Å². The van der Waals surface area contributed by atoms with Crippen LogP contribution in [0.2, 0.25) is 0 Å². The summed E-state index contributed by atoms with van der Waals surface area (Å²) in [6.45, 7) is -0.161. The summed E-state index contributed by atoms with van der Waals surface area (Å²) in [5.41, 5.74) is 0.108. The zero-order chi connectivity index (χ0) is 19.1. The molecule has 10 heteroatoms. The molecular weight excluding hydrogens is 359 g/mol. The summed E-state index contributed by atoms with van der Waals surface area (Å²) >= 11 is 0. The number of non-ortho nitro benzene ring substituents is 1. The molecule has 9 nitrogen and oxygen atoms in total. The van der Waals surface area contributed by atoms with Crippen molar-refractivity contribution in [3.05, 3.63) is 63.1 Å². The Morgan fingerprint density at radius 3 is 2.67 bits per heavy atom. The molecule has 1 N–H and O–H groups in total. The van der Waals surface area contributed by atoms with Gasteiger partial charge in [-0.1, -0.05) is 0 Å². The van der Waals surface area contributed by atoms with Gasteiger partial charge in [0, 0.05) is 23.9 Å². The number of ether oxygens (including phenoxy) is 1. The molecule has 0 spiro atoms. The smallest absolute Gasteiger partial charge is 0.336 e. The van der Waals surface area contributed by atoms with Crippen LogP contribution in [0.15, 0.2) is 41.5 Å². The van der Waals surface area contributed by atoms with E-state index in [0.717, 1.165) is 15.2 Å². The Hall–Kier alpha value is -3.11. The highest BCUT2D eigenvalue weighted by atomic mass is 19.1. The molecule has 0 amide bonds. The maximum absolute atomic E-state index is 14.5. The number of aromatic nitrogens is 3. The number of benzene rings is 1. The van der Waals surface area contributed by atoms with Crippen molar-refractivity contribution in [3.8, 4) is 11.3 Å². The third-order valence-electron chi connectivity index (χ3n) is 4.57. The number of fused-ring (bicyclic) bond motifs is 1. The highest BCUT2D eigenvalue weighted by Crippen LogP contribution is 2.28. The van der Waals surface area contributed by atoms with Crippen molar-refractivity contribution in [1.29, 1.82) is 0 Å². The number of hydrogen-bond donors (Lipinski definition) is 1. The molecule has 0 aliphatic carbocycles. The van der Waals surface area contributed by atoms with Crippen LogP contribution in [-0.4, -0.2) is 36.7 Å². The van der Waals surface area contributed by atoms with Crippen molar-refractivity contribution >= 4 is 11.3 Å². The molecule has 2 atom stereocenters. The molecule has 0 saturated carbocycles. The molecule has 27 heavy (non-hydrogen) atoms. The second kappa shape index (κ2) is 6.56. The van der Waals surface area contributed by atoms with Gasteiger partial charge in [0.2, 0.25) is 0 Å². The lowest BCUT2D eigenvalue weighted by molar-refractivity contribution is -0.384. The van der Waals surface area contributed by atoms with E-state index in [2.05, 4.69) is 4.98 Å². The van der Waals surface area contributed by atoms with Gasteiger partial charge in [-0.2, -0.15) is 0 Å². The average Bonchev–Trinajstić information content (AvgIpc) is 3.32. The van der Waals surface area contributed by atoms with E-state index in [9.17, 15) is 19.3 Å². The molecular formula is C17H15FN4O5. The number of imidazole rings is 1. The fourth-order valence-electron chi connectivity index (χ4n) is 3.18. The lowest BCUT2D eigenvalue weighted by atomic mass is 10.1. The Balaban J connectivity index is 1.76. The summed E-state index contributed by atoms with van der Waals surface area (Å²) in [6, 6.07) is 5.61. The molecule has 1 saturated heterocycles. The van der Waals surface area contributed by atoms with Gasteiger partial charge in [0.15, 0.2) is 11.5 Å². The summed E-state index contributed by atoms with van der Waals surface area (Å²) < 4.78 is 22.3. The third kappa shape index (κ3) is 2.98. The summed E-state index contributed by atoms with van der Waals surface area (Å²) in [4.78, 5) is 27.1. The molecule has 4 rings (SSSR count). The van der Waals surface area contributed by atoms with E-state index in [-0.39, 0.29) is 24.0 Å². The van der Waals surface area contributed by atoms with Gasteiger partial charge in [-0.15, -0.1) is 0 Å². The lowest BCUT2D eigenvalue weighted by Crippen LogP contribution is -2.30. The predicted octanol–water partition coefficient (Wildman–Crippen LogP) is 1.88. The number of aliphatic hydroxyl groups is 1. The van der Waals surface area contributed by atoms with Crippen molar-refractivity contribution < 1.29 is 19.2 Å². The Labute approximate surface area is 151 Å². The minimum Gasteiger partial charge on any atom is -0.394 e. The van der Waals surface area contributed by atoms with Gasteiger partial charge < -0.3 is 9.84 Å². The van der Waals surface area contributed by atoms with Crippen LogP contribution in [0.3, 0.4) is 0 Å². The molecule has 1 aromatic carbocycles. The number of halogens is 1. The highest BCUT2D eigenvalue weighted by molar-refractivity contribution is 5.64. The first-order valence-corrected chi connectivity index (χ1v) is 8.29. The largest absolute Gasteiger partial charge is 0.394 e. The Morgan fingerprint density at radius 2 is 2.04 bits per heavy atom. The number of nitro benzene ring substituents is 1. The van der Waals surface area contributed by atoms with E-state index in [4.69, 9.17) is 9.84 Å². The number of rotatable bonds is 4. The van der Waals surface area contributed by atoms with E-state index in [1.54, 1.807) is 0 Å². The zero-order valence-electron chi connectivity index (χ0n) is 14.0. The van der Waals surface area contributed by atoms with E-state index < -0.39 is 22.7 Å². The maximum atomic E-state index is 14.5. The molecule has 3 aromatic rings. The third-order valence-corrected chi connectivity index (χ3v) is 4.57. The van der Waals surface area contributed by atoms with Gasteiger partial charge in [0.1, 0.15) is 6.23 Å². The van der Waals surface area contributed by atoms with Crippen LogP contribution in [0, 0.1) is 15.9 Å². The van der Waals surface area contributed by atoms with E-state index in [1.165, 1.54) is 30.5 Å². The molecule has 1 aliphatic rings. The summed E-state index contributed by atoms with van der Waals surface area (Å²) in [5, 5.41) is 19.9. The maximum Gasteiger partial charge on any atom is 0.336 e. The van der Waals surface area contributed by atoms with Crippen LogP contribution in [0.5, 0.6) is 0 Å². The minimum atomic E-state index is -0.696. The van der Waals surface area contributed by atoms with Crippen molar-refractivity contribution in [2.45, 2.75) is 25.2 Å². The minimum absolute atomic E-state index is 0.0760. The fourth-order valence-corrected chi connectivity index (χ4v) is 3.18. The Bertz CT molecular complexity index is 1080. The Kier molecular flexibility index (Phi) is 4.21. The lowest BCUT2D eigenvalue weighted by Gasteiger charge is -2.15. The number of aliphatic hydroxyl groups excluding tert-OH is 1. The van der Waals surface area contributed by atoms with E-state index >= 15 is 0 Å². The molecule has 1 aliphatic heterocycles. The monoisotopic (exact) mass is 374 g/mol. The van der Waals surface area contributed by atoms with Gasteiger partial charge in [0.25, 0.3) is 5.69 Å². The predicted molar refractivity (Wildman–Crippen MR) is 91.7 cm³/mol. The van der Waals surface area contributed by atoms with Crippen LogP contribution >= 0.6 is 0 Å². The second-order valence-corrected chi connectivity index (χ2v) is 6.26. The van der Waals surface area contributed by atoms with Crippen LogP contribution in [0.4, 0.5) is 10.1 Å². The molecule has 2 aromatic heterocycles. The Morgan fingerprint density at radius 1 is 1.30 bits per heavy atom.